The van der Waals surface area contributed by atoms with Crippen LogP contribution in [0.25, 0.3) is 10.4 Å². The Morgan fingerprint density at radius 3 is 2.35 bits per heavy atom. The topological polar surface area (TPSA) is 85.7 Å². The second kappa shape index (κ2) is 5.77. The Labute approximate surface area is 107 Å². The van der Waals surface area contributed by atoms with Crippen molar-refractivity contribution in [2.24, 2.45) is 5.11 Å². The zero-order valence-electron chi connectivity index (χ0n) is 10.8. The van der Waals surface area contributed by atoms with Crippen molar-refractivity contribution in [1.29, 1.82) is 0 Å². The molecule has 7 nitrogen and oxygen atoms in total. The number of nitrogens with zero attached hydrogens (tertiary/aromatic N) is 3. The van der Waals surface area contributed by atoms with E-state index in [2.05, 4.69) is 10.0 Å². The minimum atomic E-state index is -2.49. The maximum Gasteiger partial charge on any atom is 0.323 e. The van der Waals surface area contributed by atoms with Crippen LogP contribution in [0, 0.1) is 0 Å². The molecule has 17 heavy (non-hydrogen) atoms. The first-order chi connectivity index (χ1) is 7.76. The average Bonchev–Trinajstić information content (AvgIpc) is 2.09. The highest BCUT2D eigenvalue weighted by atomic mass is 28.5. The molecule has 3 atom stereocenters. The van der Waals surface area contributed by atoms with E-state index in [0.29, 0.717) is 0 Å². The molecule has 0 spiro atoms. The number of hydrogen-bond acceptors (Lipinski definition) is 5. The Morgan fingerprint density at radius 1 is 1.18 bits per heavy atom. The molecule has 0 amide bonds. The van der Waals surface area contributed by atoms with Crippen molar-refractivity contribution in [2.75, 3.05) is 6.17 Å². The molecule has 1 fully saturated rings. The van der Waals surface area contributed by atoms with Crippen molar-refractivity contribution in [3.8, 4) is 0 Å². The zero-order valence-corrected chi connectivity index (χ0v) is 15.1. The summed E-state index contributed by atoms with van der Waals surface area (Å²) in [6, 6.07) is 0. The van der Waals surface area contributed by atoms with E-state index >= 15 is 0 Å². The van der Waals surface area contributed by atoms with E-state index in [1.807, 2.05) is 32.7 Å². The largest absolute Gasteiger partial charge is 0.420 e. The van der Waals surface area contributed by atoms with Crippen LogP contribution in [0.5, 0.6) is 0 Å². The molecule has 0 saturated carbocycles. The molecule has 0 bridgehead atoms. The Morgan fingerprint density at radius 2 is 1.76 bits per heavy atom. The predicted molar refractivity (Wildman–Crippen MR) is 73.5 cm³/mol. The zero-order chi connectivity index (χ0) is 13.1. The Bertz CT molecular complexity index is 326. The summed E-state index contributed by atoms with van der Waals surface area (Å²) >= 11 is 0. The molecular weight excluding hydrogens is 290 g/mol. The minimum Gasteiger partial charge on any atom is -0.420 e. The van der Waals surface area contributed by atoms with Crippen LogP contribution in [-0.2, 0) is 16.5 Å². The van der Waals surface area contributed by atoms with E-state index in [1.165, 1.54) is 0 Å². The van der Waals surface area contributed by atoms with Gasteiger partial charge in [-0.05, 0) is 38.3 Å². The Kier molecular flexibility index (Phi) is 5.12. The van der Waals surface area contributed by atoms with Gasteiger partial charge < -0.3 is 16.5 Å². The summed E-state index contributed by atoms with van der Waals surface area (Å²) in [6.45, 7) is 9.80. The molecule has 1 aliphatic rings. The van der Waals surface area contributed by atoms with Crippen molar-refractivity contribution in [1.82, 2.24) is 0 Å². The highest BCUT2D eigenvalue weighted by molar-refractivity contribution is 6.86. The summed E-state index contributed by atoms with van der Waals surface area (Å²) in [4.78, 5) is 2.77. The first-order valence-corrected chi connectivity index (χ1v) is 15.0. The molecule has 1 rings (SSSR count). The lowest BCUT2D eigenvalue weighted by atomic mass is 11.5. The van der Waals surface area contributed by atoms with Crippen LogP contribution in [0.4, 0.5) is 0 Å². The fraction of sp³-hybridized carbons (Fsp3) is 1.00. The molecule has 1 heterocycles. The van der Waals surface area contributed by atoms with Crippen molar-refractivity contribution in [3.05, 3.63) is 10.4 Å². The van der Waals surface area contributed by atoms with Gasteiger partial charge in [-0.2, -0.15) is 0 Å². The van der Waals surface area contributed by atoms with Gasteiger partial charge in [-0.25, -0.2) is 0 Å². The summed E-state index contributed by atoms with van der Waals surface area (Å²) in [5.74, 6) is 0. The molecular formula is C6H19N3O4Si4. The molecule has 1 saturated heterocycles. The van der Waals surface area contributed by atoms with Crippen LogP contribution in [0.2, 0.25) is 32.7 Å². The third-order valence-corrected chi connectivity index (χ3v) is 16.5. The van der Waals surface area contributed by atoms with Crippen LogP contribution >= 0.6 is 0 Å². The van der Waals surface area contributed by atoms with E-state index < -0.39 is 35.7 Å². The lowest BCUT2D eigenvalue weighted by Crippen LogP contribution is -2.59. The molecule has 0 radical (unpaired) electrons. The van der Waals surface area contributed by atoms with Crippen molar-refractivity contribution in [2.45, 2.75) is 32.7 Å². The molecule has 0 N–H and O–H groups in total. The van der Waals surface area contributed by atoms with Gasteiger partial charge >= 0.3 is 17.1 Å². The fourth-order valence-corrected chi connectivity index (χ4v) is 17.8. The number of azide groups is 1. The predicted octanol–water partition coefficient (Wildman–Crippen LogP) is 1.39. The van der Waals surface area contributed by atoms with Gasteiger partial charge in [-0.3, -0.25) is 0 Å². The van der Waals surface area contributed by atoms with Crippen molar-refractivity contribution in [3.63, 3.8) is 0 Å². The number of hydrogen-bond donors (Lipinski definition) is 0. The number of rotatable bonds is 2. The van der Waals surface area contributed by atoms with Crippen LogP contribution in [0.1, 0.15) is 0 Å². The minimum absolute atomic E-state index is 0.264. The van der Waals surface area contributed by atoms with Crippen LogP contribution in [-0.4, -0.2) is 41.9 Å². The van der Waals surface area contributed by atoms with E-state index in [4.69, 9.17) is 22.0 Å². The second-order valence-electron chi connectivity index (χ2n) is 4.53. The van der Waals surface area contributed by atoms with Crippen LogP contribution in [0.3, 0.4) is 0 Å². The Hall–Kier alpha value is 0.0175. The molecule has 0 aromatic carbocycles. The van der Waals surface area contributed by atoms with Gasteiger partial charge in [0.05, 0.1) is 6.17 Å². The maximum absolute atomic E-state index is 8.41. The lowest BCUT2D eigenvalue weighted by Gasteiger charge is -2.40. The quantitative estimate of drug-likeness (QED) is 0.334. The van der Waals surface area contributed by atoms with E-state index in [0.717, 1.165) is 0 Å². The summed E-state index contributed by atoms with van der Waals surface area (Å²) in [5, 5.41) is 3.60. The molecule has 11 heteroatoms. The molecule has 1 aliphatic heterocycles. The van der Waals surface area contributed by atoms with Gasteiger partial charge in [0.15, 0.2) is 0 Å². The SMILES string of the molecule is C[SiH]1O[SiH](C)O[Si](C)(CN=[N+]=[N-])O[Si](C)(C)O1. The average molecular weight is 310 g/mol. The maximum atomic E-state index is 8.41. The summed E-state index contributed by atoms with van der Waals surface area (Å²) in [7, 11) is -8.12. The van der Waals surface area contributed by atoms with Gasteiger partial charge in [0, 0.05) is 4.91 Å². The summed E-state index contributed by atoms with van der Waals surface area (Å²) < 4.78 is 23.7. The van der Waals surface area contributed by atoms with Crippen molar-refractivity contribution >= 4 is 35.7 Å². The first kappa shape index (κ1) is 15.1. The molecule has 0 aliphatic carbocycles. The molecule has 0 aromatic heterocycles. The second-order valence-corrected chi connectivity index (χ2v) is 16.0. The third kappa shape index (κ3) is 5.03. The van der Waals surface area contributed by atoms with E-state index in [-0.39, 0.29) is 6.17 Å². The third-order valence-electron chi connectivity index (χ3n) is 2.13. The lowest BCUT2D eigenvalue weighted by molar-refractivity contribution is 0.261. The molecule has 98 valence electrons. The van der Waals surface area contributed by atoms with Gasteiger partial charge in [0.2, 0.25) is 0 Å². The smallest absolute Gasteiger partial charge is 0.323 e. The van der Waals surface area contributed by atoms with Gasteiger partial charge in [0.1, 0.15) is 0 Å². The fourth-order valence-electron chi connectivity index (χ4n) is 1.87. The van der Waals surface area contributed by atoms with Crippen LogP contribution < -0.4 is 0 Å². The summed E-state index contributed by atoms with van der Waals surface area (Å²) in [6.07, 6.45) is 0.264. The highest BCUT2D eigenvalue weighted by Crippen LogP contribution is 2.22. The van der Waals surface area contributed by atoms with Gasteiger partial charge in [-0.1, -0.05) is 5.11 Å². The molecule has 3 unspecified atom stereocenters. The van der Waals surface area contributed by atoms with E-state index in [9.17, 15) is 0 Å². The van der Waals surface area contributed by atoms with E-state index in [1.54, 1.807) is 0 Å². The van der Waals surface area contributed by atoms with Crippen LogP contribution in [0.15, 0.2) is 5.11 Å². The van der Waals surface area contributed by atoms with Gasteiger partial charge in [0.25, 0.3) is 18.6 Å². The van der Waals surface area contributed by atoms with Gasteiger partial charge in [-0.15, -0.1) is 0 Å². The highest BCUT2D eigenvalue weighted by Gasteiger charge is 2.44. The Balaban J connectivity index is 2.85. The standard InChI is InChI=1S/C6H19N3O4Si4/c1-14-10-15(2)12-17(5,6-8-9-7)13-16(3,4)11-14/h14-15H,6H2,1-5H3. The summed E-state index contributed by atoms with van der Waals surface area (Å²) in [5.41, 5.74) is 8.41. The monoisotopic (exact) mass is 309 g/mol. The van der Waals surface area contributed by atoms with Crippen molar-refractivity contribution < 1.29 is 16.5 Å². The normalized spacial score (nSPS) is 37.7. The molecule has 0 aromatic rings. The first-order valence-electron chi connectivity index (χ1n) is 5.48.